The van der Waals surface area contributed by atoms with Crippen LogP contribution in [0.4, 0.5) is 0 Å². The number of hydrogen-bond acceptors (Lipinski definition) is 12. The SMILES string of the molecule is CCc1c(Cl)c(O)c(Cl)c(O)c1C(=O)O[C@H]1[C@H](O)[C@H](OC)[C@H](OC/C2=C\C=C\C[C@H](O)/C(C)=C/[C@H](CC)[C@@H](O)/C(C)=C/C(C)=C/C[C@@H](CC)OC2=O)O[C@@H]1C. The minimum atomic E-state index is -1.49. The molecule has 9 atom stereocenters. The number of cyclic esters (lactones) is 1. The van der Waals surface area contributed by atoms with Crippen molar-refractivity contribution in [3.63, 3.8) is 0 Å². The molecule has 5 N–H and O–H groups in total. The van der Waals surface area contributed by atoms with Crippen LogP contribution in [-0.4, -0.2) is 100 Å². The van der Waals surface area contributed by atoms with E-state index >= 15 is 0 Å². The number of benzene rings is 1. The van der Waals surface area contributed by atoms with E-state index in [0.29, 0.717) is 24.8 Å². The Kier molecular flexibility index (Phi) is 17.9. The Hall–Kier alpha value is -3.20. The van der Waals surface area contributed by atoms with Gasteiger partial charge in [-0.1, -0.05) is 79.9 Å². The maximum Gasteiger partial charge on any atom is 0.342 e. The zero-order valence-electron chi connectivity index (χ0n) is 32.8. The van der Waals surface area contributed by atoms with E-state index in [2.05, 4.69) is 0 Å². The van der Waals surface area contributed by atoms with Crippen LogP contribution in [-0.2, 0) is 34.9 Å². The molecule has 55 heavy (non-hydrogen) atoms. The van der Waals surface area contributed by atoms with Crippen molar-refractivity contribution in [1.82, 2.24) is 0 Å². The molecule has 1 aromatic carbocycles. The van der Waals surface area contributed by atoms with Crippen LogP contribution in [0, 0.1) is 5.92 Å². The van der Waals surface area contributed by atoms with Gasteiger partial charge in [0.05, 0.1) is 35.5 Å². The number of aromatic hydroxyl groups is 2. The van der Waals surface area contributed by atoms with Gasteiger partial charge in [-0.05, 0) is 76.2 Å². The standard InChI is InChI=1S/C41H56Cl2O12/c1-9-25-19-22(5)29(44)15-13-12-14-26(39(49)54-27(10-2)17-16-21(4)18-23(6)33(25)45)20-52-41-38(51-8)36(48)37(24(7)53-41)55-40(50)30-28(11-3)31(42)35(47)32(43)34(30)46/h12-14,16,18-19,24-25,27,29,33,36-38,41,44-48H,9-11,15,17,20H2,1-8H3/b13-12+,21-16+,22-19+,23-18+,26-14+/t24-,25+,27-,29+,33+,36+,37-,38+,41-/m1/s1. The third-order valence-corrected chi connectivity index (χ3v) is 10.7. The molecule has 1 aromatic rings. The van der Waals surface area contributed by atoms with Crippen molar-refractivity contribution in [3.05, 3.63) is 79.9 Å². The van der Waals surface area contributed by atoms with Crippen LogP contribution < -0.4 is 0 Å². The molecule has 0 spiro atoms. The summed E-state index contributed by atoms with van der Waals surface area (Å²) >= 11 is 12.2. The summed E-state index contributed by atoms with van der Waals surface area (Å²) in [5.41, 5.74) is 2.26. The predicted octanol–water partition coefficient (Wildman–Crippen LogP) is 6.81. The molecule has 14 heteroatoms. The number of aliphatic hydroxyl groups excluding tert-OH is 3. The van der Waals surface area contributed by atoms with E-state index in [9.17, 15) is 35.1 Å². The molecule has 1 saturated heterocycles. The topological polar surface area (TPSA) is 181 Å². The van der Waals surface area contributed by atoms with Gasteiger partial charge < -0.3 is 49.2 Å². The molecule has 0 saturated carbocycles. The maximum absolute atomic E-state index is 13.6. The Balaban J connectivity index is 1.86. The number of carbonyl (C=O) groups is 2. The van der Waals surface area contributed by atoms with Crippen LogP contribution in [0.2, 0.25) is 10.0 Å². The monoisotopic (exact) mass is 810 g/mol. The number of allylic oxidation sites excluding steroid dienone is 4. The lowest BCUT2D eigenvalue weighted by Crippen LogP contribution is -2.59. The van der Waals surface area contributed by atoms with Gasteiger partial charge in [-0.3, -0.25) is 0 Å². The van der Waals surface area contributed by atoms with Crippen LogP contribution >= 0.6 is 23.2 Å². The number of hydrogen-bond donors (Lipinski definition) is 5. The third kappa shape index (κ3) is 11.7. The number of phenolic OH excluding ortho intramolecular Hbond substituents is 2. The van der Waals surface area contributed by atoms with Gasteiger partial charge in [-0.25, -0.2) is 9.59 Å². The Bertz CT molecular complexity index is 1660. The Morgan fingerprint density at radius 1 is 0.964 bits per heavy atom. The second kappa shape index (κ2) is 21.4. The summed E-state index contributed by atoms with van der Waals surface area (Å²) in [4.78, 5) is 27.0. The van der Waals surface area contributed by atoms with Crippen molar-refractivity contribution in [1.29, 1.82) is 0 Å². The van der Waals surface area contributed by atoms with Gasteiger partial charge in [0.1, 0.15) is 28.9 Å². The van der Waals surface area contributed by atoms with Crippen LogP contribution in [0.5, 0.6) is 11.5 Å². The highest BCUT2D eigenvalue weighted by atomic mass is 35.5. The van der Waals surface area contributed by atoms with E-state index in [0.717, 1.165) is 11.1 Å². The average molecular weight is 812 g/mol. The summed E-state index contributed by atoms with van der Waals surface area (Å²) in [6, 6.07) is 0. The molecule has 1 fully saturated rings. The summed E-state index contributed by atoms with van der Waals surface area (Å²) < 4.78 is 29.1. The summed E-state index contributed by atoms with van der Waals surface area (Å²) in [5, 5.41) is 53.3. The van der Waals surface area contributed by atoms with E-state index in [1.165, 1.54) is 20.1 Å². The summed E-state index contributed by atoms with van der Waals surface area (Å²) in [6.45, 7) is 12.4. The molecule has 2 aliphatic heterocycles. The molecule has 3 rings (SSSR count). The van der Waals surface area contributed by atoms with Gasteiger partial charge in [0.25, 0.3) is 0 Å². The van der Waals surface area contributed by atoms with Crippen molar-refractivity contribution < 1.29 is 58.8 Å². The lowest BCUT2D eigenvalue weighted by molar-refractivity contribution is -0.295. The highest BCUT2D eigenvalue weighted by Crippen LogP contribution is 2.45. The molecule has 2 aliphatic rings. The second-order valence-electron chi connectivity index (χ2n) is 13.9. The van der Waals surface area contributed by atoms with E-state index in [-0.39, 0.29) is 47.1 Å². The first-order chi connectivity index (χ1) is 26.0. The summed E-state index contributed by atoms with van der Waals surface area (Å²) in [5.74, 6) is -3.20. The first-order valence-electron chi connectivity index (χ1n) is 18.6. The highest BCUT2D eigenvalue weighted by molar-refractivity contribution is 6.39. The Labute approximate surface area is 333 Å². The summed E-state index contributed by atoms with van der Waals surface area (Å²) in [6.07, 6.45) is 4.42. The van der Waals surface area contributed by atoms with Gasteiger partial charge in [0.15, 0.2) is 23.9 Å². The number of methoxy groups -OCH3 is 1. The lowest BCUT2D eigenvalue weighted by Gasteiger charge is -2.42. The van der Waals surface area contributed by atoms with Gasteiger partial charge in [-0.15, -0.1) is 0 Å². The molecule has 2 heterocycles. The van der Waals surface area contributed by atoms with E-state index in [1.54, 1.807) is 19.1 Å². The van der Waals surface area contributed by atoms with Gasteiger partial charge in [0.2, 0.25) is 0 Å². The van der Waals surface area contributed by atoms with Crippen LogP contribution in [0.25, 0.3) is 0 Å². The molecule has 0 aromatic heterocycles. The van der Waals surface area contributed by atoms with Crippen LogP contribution in [0.15, 0.2) is 58.7 Å². The van der Waals surface area contributed by atoms with E-state index in [4.69, 9.17) is 46.9 Å². The number of phenols is 2. The zero-order chi connectivity index (χ0) is 41.1. The highest BCUT2D eigenvalue weighted by Gasteiger charge is 2.47. The fourth-order valence-corrected chi connectivity index (χ4v) is 7.04. The van der Waals surface area contributed by atoms with Crippen LogP contribution in [0.3, 0.4) is 0 Å². The largest absolute Gasteiger partial charge is 0.505 e. The number of rotatable bonds is 9. The summed E-state index contributed by atoms with van der Waals surface area (Å²) in [7, 11) is 1.30. The van der Waals surface area contributed by atoms with Gasteiger partial charge in [-0.2, -0.15) is 0 Å². The molecular weight excluding hydrogens is 755 g/mol. The molecule has 0 bridgehead atoms. The molecule has 0 aliphatic carbocycles. The lowest BCUT2D eigenvalue weighted by atomic mass is 9.90. The van der Waals surface area contributed by atoms with Crippen molar-refractivity contribution in [3.8, 4) is 11.5 Å². The Morgan fingerprint density at radius 2 is 1.65 bits per heavy atom. The normalized spacial score (nSPS) is 33.3. The number of ether oxygens (including phenoxy) is 5. The number of esters is 2. The minimum absolute atomic E-state index is 0.0957. The molecular formula is C41H56Cl2O12. The van der Waals surface area contributed by atoms with E-state index < -0.39 is 77.5 Å². The van der Waals surface area contributed by atoms with Crippen molar-refractivity contribution >= 4 is 35.1 Å². The average Bonchev–Trinajstić information content (AvgIpc) is 3.15. The fourth-order valence-electron chi connectivity index (χ4n) is 6.48. The van der Waals surface area contributed by atoms with E-state index in [1.807, 2.05) is 52.8 Å². The first-order valence-corrected chi connectivity index (χ1v) is 19.3. The zero-order valence-corrected chi connectivity index (χ0v) is 34.3. The van der Waals surface area contributed by atoms with Gasteiger partial charge >= 0.3 is 11.9 Å². The molecule has 306 valence electrons. The number of carbonyl (C=O) groups excluding carboxylic acids is 2. The molecule has 0 amide bonds. The minimum Gasteiger partial charge on any atom is -0.505 e. The van der Waals surface area contributed by atoms with Crippen LogP contribution in [0.1, 0.15) is 90.1 Å². The molecule has 0 radical (unpaired) electrons. The smallest absolute Gasteiger partial charge is 0.342 e. The van der Waals surface area contributed by atoms with Crippen molar-refractivity contribution in [2.24, 2.45) is 5.92 Å². The Morgan fingerprint density at radius 3 is 2.27 bits per heavy atom. The second-order valence-corrected chi connectivity index (χ2v) is 14.7. The first kappa shape index (κ1) is 46.2. The number of aliphatic hydroxyl groups is 3. The fraction of sp³-hybridized carbons (Fsp3) is 0.561. The molecule has 0 unspecified atom stereocenters. The predicted molar refractivity (Wildman–Crippen MR) is 209 cm³/mol. The maximum atomic E-state index is 13.6. The third-order valence-electron chi connectivity index (χ3n) is 9.94. The van der Waals surface area contributed by atoms with Crippen molar-refractivity contribution in [2.75, 3.05) is 13.7 Å². The molecule has 12 nitrogen and oxygen atoms in total. The number of halogens is 2. The van der Waals surface area contributed by atoms with Gasteiger partial charge in [0, 0.05) is 19.4 Å². The quantitative estimate of drug-likeness (QED) is 0.130. The van der Waals surface area contributed by atoms with Crippen molar-refractivity contribution in [2.45, 2.75) is 130 Å².